The molecule has 0 spiro atoms. The minimum atomic E-state index is -0.390. The molecule has 0 aliphatic rings. The van der Waals surface area contributed by atoms with E-state index in [2.05, 4.69) is 10.2 Å². The predicted molar refractivity (Wildman–Crippen MR) is 66.6 cm³/mol. The summed E-state index contributed by atoms with van der Waals surface area (Å²) in [5.74, 6) is 1.08. The highest BCUT2D eigenvalue weighted by molar-refractivity contribution is 5.42. The van der Waals surface area contributed by atoms with E-state index in [9.17, 15) is 4.39 Å². The summed E-state index contributed by atoms with van der Waals surface area (Å²) in [4.78, 5) is 0. The lowest BCUT2D eigenvalue weighted by Gasteiger charge is -2.01. The molecule has 0 aliphatic carbocycles. The number of hydrogen-bond donors (Lipinski definition) is 1. The zero-order chi connectivity index (χ0) is 13.1. The fourth-order valence-electron chi connectivity index (χ4n) is 1.60. The van der Waals surface area contributed by atoms with Gasteiger partial charge in [0.2, 0.25) is 11.8 Å². The second-order valence-electron chi connectivity index (χ2n) is 4.54. The van der Waals surface area contributed by atoms with Gasteiger partial charge in [0.15, 0.2) is 0 Å². The quantitative estimate of drug-likeness (QED) is 0.846. The van der Waals surface area contributed by atoms with Crippen molar-refractivity contribution in [2.75, 3.05) is 5.73 Å². The van der Waals surface area contributed by atoms with E-state index in [0.717, 1.165) is 5.56 Å². The normalized spacial score (nSPS) is 11.1. The van der Waals surface area contributed by atoms with Crippen molar-refractivity contribution in [1.29, 1.82) is 0 Å². The number of rotatable bonds is 4. The number of aryl methyl sites for hydroxylation is 2. The zero-order valence-corrected chi connectivity index (χ0v) is 10.5. The first-order chi connectivity index (χ1) is 8.56. The Hall–Kier alpha value is -1.91. The Morgan fingerprint density at radius 1 is 1.28 bits per heavy atom. The van der Waals surface area contributed by atoms with Gasteiger partial charge in [0.25, 0.3) is 0 Å². The molecule has 96 valence electrons. The van der Waals surface area contributed by atoms with Gasteiger partial charge < -0.3 is 10.2 Å². The number of halogens is 1. The summed E-state index contributed by atoms with van der Waals surface area (Å²) in [6.45, 7) is 4.00. The van der Waals surface area contributed by atoms with E-state index in [1.54, 1.807) is 12.1 Å². The molecule has 2 aromatic rings. The SMILES string of the molecule is CC(C)c1nnc(CCc2ccc(F)c(N)c2)o1. The maximum absolute atomic E-state index is 13.0. The average Bonchev–Trinajstić information content (AvgIpc) is 2.79. The van der Waals surface area contributed by atoms with Crippen LogP contribution in [0.1, 0.15) is 37.1 Å². The largest absolute Gasteiger partial charge is 0.425 e. The maximum atomic E-state index is 13.0. The van der Waals surface area contributed by atoms with Gasteiger partial charge >= 0.3 is 0 Å². The van der Waals surface area contributed by atoms with Gasteiger partial charge in [-0.1, -0.05) is 19.9 Å². The zero-order valence-electron chi connectivity index (χ0n) is 10.5. The Balaban J connectivity index is 2.00. The van der Waals surface area contributed by atoms with Gasteiger partial charge in [-0.05, 0) is 24.1 Å². The van der Waals surface area contributed by atoms with E-state index in [0.29, 0.717) is 24.6 Å². The van der Waals surface area contributed by atoms with Gasteiger partial charge in [-0.2, -0.15) is 0 Å². The molecule has 0 aliphatic heterocycles. The Kier molecular flexibility index (Phi) is 3.60. The standard InChI is InChI=1S/C13H16FN3O/c1-8(2)13-17-16-12(18-13)6-4-9-3-5-10(14)11(15)7-9/h3,5,7-8H,4,6,15H2,1-2H3. The Morgan fingerprint density at radius 2 is 2.06 bits per heavy atom. The van der Waals surface area contributed by atoms with Crippen molar-refractivity contribution >= 4 is 5.69 Å². The molecular formula is C13H16FN3O. The van der Waals surface area contributed by atoms with Crippen LogP contribution >= 0.6 is 0 Å². The van der Waals surface area contributed by atoms with Crippen molar-refractivity contribution < 1.29 is 8.81 Å². The summed E-state index contributed by atoms with van der Waals surface area (Å²) >= 11 is 0. The summed E-state index contributed by atoms with van der Waals surface area (Å²) in [6.07, 6.45) is 1.33. The third-order valence-corrected chi connectivity index (χ3v) is 2.66. The van der Waals surface area contributed by atoms with E-state index in [1.165, 1.54) is 6.07 Å². The summed E-state index contributed by atoms with van der Waals surface area (Å²) < 4.78 is 18.5. The molecule has 0 radical (unpaired) electrons. The molecule has 18 heavy (non-hydrogen) atoms. The summed E-state index contributed by atoms with van der Waals surface area (Å²) in [5, 5.41) is 7.93. The highest BCUT2D eigenvalue weighted by atomic mass is 19.1. The molecule has 2 N–H and O–H groups in total. The second kappa shape index (κ2) is 5.16. The topological polar surface area (TPSA) is 64.9 Å². The fourth-order valence-corrected chi connectivity index (χ4v) is 1.60. The molecule has 1 heterocycles. The van der Waals surface area contributed by atoms with Crippen molar-refractivity contribution in [1.82, 2.24) is 10.2 Å². The van der Waals surface area contributed by atoms with Crippen LogP contribution in [0.3, 0.4) is 0 Å². The number of aromatic nitrogens is 2. The molecule has 0 saturated carbocycles. The summed E-state index contributed by atoms with van der Waals surface area (Å²) in [7, 11) is 0. The van der Waals surface area contributed by atoms with Crippen molar-refractivity contribution in [3.8, 4) is 0 Å². The highest BCUT2D eigenvalue weighted by Crippen LogP contribution is 2.16. The first kappa shape index (κ1) is 12.5. The third kappa shape index (κ3) is 2.85. The van der Waals surface area contributed by atoms with Gasteiger partial charge in [-0.25, -0.2) is 4.39 Å². The van der Waals surface area contributed by atoms with E-state index in [-0.39, 0.29) is 11.6 Å². The summed E-state index contributed by atoms with van der Waals surface area (Å²) in [6, 6.07) is 4.72. The molecule has 0 unspecified atom stereocenters. The van der Waals surface area contributed by atoms with Crippen molar-refractivity contribution in [2.24, 2.45) is 0 Å². The minimum absolute atomic E-state index is 0.167. The number of nitrogens with zero attached hydrogens (tertiary/aromatic N) is 2. The number of hydrogen-bond acceptors (Lipinski definition) is 4. The van der Waals surface area contributed by atoms with Crippen LogP contribution in [-0.2, 0) is 12.8 Å². The van der Waals surface area contributed by atoms with Crippen LogP contribution in [0.15, 0.2) is 22.6 Å². The molecule has 0 fully saturated rings. The van der Waals surface area contributed by atoms with E-state index in [1.807, 2.05) is 13.8 Å². The molecule has 0 amide bonds. The van der Waals surface area contributed by atoms with Gasteiger partial charge in [-0.15, -0.1) is 10.2 Å². The van der Waals surface area contributed by atoms with E-state index < -0.39 is 5.82 Å². The molecule has 5 heteroatoms. The van der Waals surface area contributed by atoms with Crippen LogP contribution in [0, 0.1) is 5.82 Å². The van der Waals surface area contributed by atoms with E-state index >= 15 is 0 Å². The molecule has 0 atom stereocenters. The number of anilines is 1. The van der Waals surface area contributed by atoms with Crippen LogP contribution in [0.5, 0.6) is 0 Å². The van der Waals surface area contributed by atoms with Crippen LogP contribution < -0.4 is 5.73 Å². The monoisotopic (exact) mass is 249 g/mol. The van der Waals surface area contributed by atoms with Crippen LogP contribution in [0.25, 0.3) is 0 Å². The first-order valence-corrected chi connectivity index (χ1v) is 5.92. The average molecular weight is 249 g/mol. The number of nitrogen functional groups attached to an aromatic ring is 1. The van der Waals surface area contributed by atoms with Crippen molar-refractivity contribution in [3.05, 3.63) is 41.4 Å². The molecule has 2 rings (SSSR count). The molecule has 0 bridgehead atoms. The maximum Gasteiger partial charge on any atom is 0.219 e. The molecule has 1 aromatic heterocycles. The van der Waals surface area contributed by atoms with Gasteiger partial charge in [0.1, 0.15) is 5.82 Å². The molecule has 1 aromatic carbocycles. The second-order valence-corrected chi connectivity index (χ2v) is 4.54. The van der Waals surface area contributed by atoms with Gasteiger partial charge in [0.05, 0.1) is 5.69 Å². The lowest BCUT2D eigenvalue weighted by molar-refractivity contribution is 0.431. The lowest BCUT2D eigenvalue weighted by atomic mass is 10.1. The minimum Gasteiger partial charge on any atom is -0.425 e. The van der Waals surface area contributed by atoms with Crippen LogP contribution in [0.4, 0.5) is 10.1 Å². The highest BCUT2D eigenvalue weighted by Gasteiger charge is 2.09. The Bertz CT molecular complexity index is 537. The molecular weight excluding hydrogens is 233 g/mol. The fraction of sp³-hybridized carbons (Fsp3) is 0.385. The Morgan fingerprint density at radius 3 is 2.67 bits per heavy atom. The number of nitrogens with two attached hydrogens (primary N) is 1. The van der Waals surface area contributed by atoms with Gasteiger partial charge in [0, 0.05) is 12.3 Å². The smallest absolute Gasteiger partial charge is 0.219 e. The van der Waals surface area contributed by atoms with Crippen LogP contribution in [-0.4, -0.2) is 10.2 Å². The predicted octanol–water partition coefficient (Wildman–Crippen LogP) is 2.70. The lowest BCUT2D eigenvalue weighted by Crippen LogP contribution is -1.96. The molecule has 0 saturated heterocycles. The van der Waals surface area contributed by atoms with E-state index in [4.69, 9.17) is 10.2 Å². The Labute approximate surface area is 105 Å². The van der Waals surface area contributed by atoms with Crippen molar-refractivity contribution in [3.63, 3.8) is 0 Å². The van der Waals surface area contributed by atoms with Gasteiger partial charge in [-0.3, -0.25) is 0 Å². The third-order valence-electron chi connectivity index (χ3n) is 2.66. The van der Waals surface area contributed by atoms with Crippen LogP contribution in [0.2, 0.25) is 0 Å². The first-order valence-electron chi connectivity index (χ1n) is 5.92. The molecule has 4 nitrogen and oxygen atoms in total. The number of benzene rings is 1. The summed E-state index contributed by atoms with van der Waals surface area (Å²) in [5.41, 5.74) is 6.63. The van der Waals surface area contributed by atoms with Crippen molar-refractivity contribution in [2.45, 2.75) is 32.6 Å².